The zero-order valence-corrected chi connectivity index (χ0v) is 10.5. The van der Waals surface area contributed by atoms with Crippen molar-refractivity contribution in [3.63, 3.8) is 0 Å². The van der Waals surface area contributed by atoms with Crippen LogP contribution in [0.25, 0.3) is 0 Å². The number of carbonyl (C=O) groups is 1. The van der Waals surface area contributed by atoms with Crippen LogP contribution in [0.3, 0.4) is 0 Å². The molecule has 0 radical (unpaired) electrons. The third-order valence-electron chi connectivity index (χ3n) is 2.30. The van der Waals surface area contributed by atoms with E-state index in [0.717, 1.165) is 15.6 Å². The Balaban J connectivity index is 3.43. The minimum Gasteiger partial charge on any atom is -0.493 e. The Kier molecular flexibility index (Phi) is 3.74. The molecule has 15 heavy (non-hydrogen) atoms. The van der Waals surface area contributed by atoms with Crippen molar-refractivity contribution < 1.29 is 14.6 Å². The van der Waals surface area contributed by atoms with Gasteiger partial charge < -0.3 is 9.84 Å². The first-order valence-electron chi connectivity index (χ1n) is 4.64. The van der Waals surface area contributed by atoms with Gasteiger partial charge in [0.15, 0.2) is 0 Å². The Labute approximate surface area is 97.2 Å². The fraction of sp³-hybridized carbons (Fsp3) is 0.364. The fourth-order valence-electron chi connectivity index (χ4n) is 1.34. The maximum absolute atomic E-state index is 11.0. The summed E-state index contributed by atoms with van der Waals surface area (Å²) in [5, 5.41) is 9.03. The quantitative estimate of drug-likeness (QED) is 0.920. The van der Waals surface area contributed by atoms with Gasteiger partial charge in [0.25, 0.3) is 0 Å². The largest absolute Gasteiger partial charge is 0.493 e. The van der Waals surface area contributed by atoms with Gasteiger partial charge in [-0.25, -0.2) is 4.79 Å². The molecule has 0 aromatic heterocycles. The Bertz CT molecular complexity index is 399. The Morgan fingerprint density at radius 1 is 1.47 bits per heavy atom. The predicted molar refractivity (Wildman–Crippen MR) is 61.7 cm³/mol. The van der Waals surface area contributed by atoms with Crippen LogP contribution in [-0.2, 0) is 0 Å². The van der Waals surface area contributed by atoms with Crippen molar-refractivity contribution in [1.82, 2.24) is 0 Å². The first kappa shape index (κ1) is 12.0. The molecule has 0 aliphatic rings. The second-order valence-electron chi connectivity index (χ2n) is 3.22. The Morgan fingerprint density at radius 3 is 2.53 bits per heavy atom. The van der Waals surface area contributed by atoms with Gasteiger partial charge in [0.1, 0.15) is 11.3 Å². The van der Waals surface area contributed by atoms with Gasteiger partial charge in [-0.15, -0.1) is 0 Å². The predicted octanol–water partition coefficient (Wildman–Crippen LogP) is 3.16. The minimum absolute atomic E-state index is 0.201. The number of ether oxygens (including phenoxy) is 1. The molecule has 82 valence electrons. The smallest absolute Gasteiger partial charge is 0.339 e. The molecule has 0 aliphatic carbocycles. The van der Waals surface area contributed by atoms with E-state index in [-0.39, 0.29) is 5.56 Å². The lowest BCUT2D eigenvalue weighted by Gasteiger charge is -2.14. The van der Waals surface area contributed by atoms with Crippen LogP contribution < -0.4 is 4.74 Å². The van der Waals surface area contributed by atoms with Crippen LogP contribution in [0.15, 0.2) is 10.5 Å². The van der Waals surface area contributed by atoms with Gasteiger partial charge in [-0.1, -0.05) is 15.9 Å². The number of rotatable bonds is 3. The Hall–Kier alpha value is -1.03. The first-order chi connectivity index (χ1) is 6.99. The van der Waals surface area contributed by atoms with Gasteiger partial charge >= 0.3 is 5.97 Å². The molecule has 1 aromatic rings. The van der Waals surface area contributed by atoms with Crippen molar-refractivity contribution in [2.45, 2.75) is 20.8 Å². The Morgan fingerprint density at radius 2 is 2.07 bits per heavy atom. The second kappa shape index (κ2) is 4.66. The van der Waals surface area contributed by atoms with Gasteiger partial charge in [0.2, 0.25) is 0 Å². The zero-order chi connectivity index (χ0) is 11.6. The van der Waals surface area contributed by atoms with Crippen LogP contribution in [0.1, 0.15) is 28.4 Å². The molecule has 0 bridgehead atoms. The van der Waals surface area contributed by atoms with Gasteiger partial charge in [-0.3, -0.25) is 0 Å². The molecule has 1 aromatic carbocycles. The van der Waals surface area contributed by atoms with Crippen LogP contribution in [0.2, 0.25) is 0 Å². The number of benzene rings is 1. The van der Waals surface area contributed by atoms with E-state index in [1.165, 1.54) is 0 Å². The third kappa shape index (κ3) is 2.31. The molecular weight excluding hydrogens is 260 g/mol. The highest BCUT2D eigenvalue weighted by atomic mass is 79.9. The zero-order valence-electron chi connectivity index (χ0n) is 8.93. The summed E-state index contributed by atoms with van der Waals surface area (Å²) in [5.74, 6) is -0.507. The highest BCUT2D eigenvalue weighted by Crippen LogP contribution is 2.32. The van der Waals surface area contributed by atoms with Crippen molar-refractivity contribution in [2.75, 3.05) is 6.61 Å². The number of hydrogen-bond acceptors (Lipinski definition) is 2. The molecule has 0 fully saturated rings. The third-order valence-corrected chi connectivity index (χ3v) is 3.12. The summed E-state index contributed by atoms with van der Waals surface area (Å²) in [5.41, 5.74) is 2.07. The first-order valence-corrected chi connectivity index (χ1v) is 5.44. The molecule has 1 N–H and O–H groups in total. The van der Waals surface area contributed by atoms with E-state index < -0.39 is 5.97 Å². The highest BCUT2D eigenvalue weighted by Gasteiger charge is 2.17. The van der Waals surface area contributed by atoms with Crippen LogP contribution in [-0.4, -0.2) is 17.7 Å². The number of carboxylic acid groups (broad SMARTS) is 1. The van der Waals surface area contributed by atoms with Crippen molar-refractivity contribution in [2.24, 2.45) is 0 Å². The van der Waals surface area contributed by atoms with Gasteiger partial charge in [-0.2, -0.15) is 0 Å². The van der Waals surface area contributed by atoms with E-state index in [2.05, 4.69) is 15.9 Å². The number of hydrogen-bond donors (Lipinski definition) is 1. The topological polar surface area (TPSA) is 46.5 Å². The van der Waals surface area contributed by atoms with Crippen molar-refractivity contribution in [1.29, 1.82) is 0 Å². The standard InChI is InChI=1S/C11H13BrO3/c1-4-15-10-7(3)6(2)9(12)5-8(10)11(13)14/h5H,4H2,1-3H3,(H,13,14). The number of aromatic carboxylic acids is 1. The van der Waals surface area contributed by atoms with Gasteiger partial charge in [0.05, 0.1) is 6.61 Å². The summed E-state index contributed by atoms with van der Waals surface area (Å²) in [4.78, 5) is 11.0. The van der Waals surface area contributed by atoms with Gasteiger partial charge in [-0.05, 0) is 38.0 Å². The fourth-order valence-corrected chi connectivity index (χ4v) is 1.87. The van der Waals surface area contributed by atoms with E-state index in [9.17, 15) is 4.79 Å². The molecule has 0 aliphatic heterocycles. The second-order valence-corrected chi connectivity index (χ2v) is 4.08. The SMILES string of the molecule is CCOc1c(C(=O)O)cc(Br)c(C)c1C. The molecule has 4 heteroatoms. The van der Waals surface area contributed by atoms with Crippen molar-refractivity contribution in [3.8, 4) is 5.75 Å². The summed E-state index contributed by atoms with van der Waals surface area (Å²) in [7, 11) is 0. The molecule has 0 saturated heterocycles. The minimum atomic E-state index is -0.970. The van der Waals surface area contributed by atoms with E-state index in [4.69, 9.17) is 9.84 Å². The maximum atomic E-state index is 11.0. The molecule has 3 nitrogen and oxygen atoms in total. The van der Waals surface area contributed by atoms with E-state index >= 15 is 0 Å². The lowest BCUT2D eigenvalue weighted by Crippen LogP contribution is -2.06. The van der Waals surface area contributed by atoms with Crippen LogP contribution in [0.4, 0.5) is 0 Å². The van der Waals surface area contributed by atoms with Crippen molar-refractivity contribution in [3.05, 3.63) is 27.2 Å². The average molecular weight is 273 g/mol. The molecule has 0 saturated carbocycles. The molecule has 0 atom stereocenters. The monoisotopic (exact) mass is 272 g/mol. The maximum Gasteiger partial charge on any atom is 0.339 e. The van der Waals surface area contributed by atoms with Crippen molar-refractivity contribution >= 4 is 21.9 Å². The highest BCUT2D eigenvalue weighted by molar-refractivity contribution is 9.10. The molecule has 0 heterocycles. The van der Waals surface area contributed by atoms with E-state index in [0.29, 0.717) is 12.4 Å². The van der Waals surface area contributed by atoms with E-state index in [1.807, 2.05) is 20.8 Å². The van der Waals surface area contributed by atoms with Crippen LogP contribution in [0.5, 0.6) is 5.75 Å². The molecule has 0 amide bonds. The average Bonchev–Trinajstić information content (AvgIpc) is 2.18. The molecule has 0 unspecified atom stereocenters. The van der Waals surface area contributed by atoms with Crippen LogP contribution in [0, 0.1) is 13.8 Å². The summed E-state index contributed by atoms with van der Waals surface area (Å²) in [6.45, 7) is 6.08. The normalized spacial score (nSPS) is 10.1. The molecule has 0 spiro atoms. The summed E-state index contributed by atoms with van der Waals surface area (Å²) < 4.78 is 6.16. The van der Waals surface area contributed by atoms with Crippen LogP contribution >= 0.6 is 15.9 Å². The lowest BCUT2D eigenvalue weighted by molar-refractivity contribution is 0.0692. The molecular formula is C11H13BrO3. The lowest BCUT2D eigenvalue weighted by atomic mass is 10.0. The summed E-state index contributed by atoms with van der Waals surface area (Å²) in [6, 6.07) is 1.58. The number of halogens is 1. The molecule has 1 rings (SSSR count). The number of carboxylic acids is 1. The van der Waals surface area contributed by atoms with E-state index in [1.54, 1.807) is 6.07 Å². The van der Waals surface area contributed by atoms with Gasteiger partial charge in [0, 0.05) is 4.47 Å². The summed E-state index contributed by atoms with van der Waals surface area (Å²) in [6.07, 6.45) is 0. The summed E-state index contributed by atoms with van der Waals surface area (Å²) >= 11 is 3.33.